The monoisotopic (exact) mass is 562 g/mol. The second-order valence-corrected chi connectivity index (χ2v) is 9.06. The first-order valence-corrected chi connectivity index (χ1v) is 11.1. The molecule has 0 saturated heterocycles. The minimum atomic E-state index is -5.08. The largest absolute Gasteiger partial charge is 0.417 e. The van der Waals surface area contributed by atoms with Crippen LogP contribution in [0.2, 0.25) is 15.1 Å². The Labute approximate surface area is 210 Å². The summed E-state index contributed by atoms with van der Waals surface area (Å²) in [6.45, 7) is 0.375. The number of hydrogen-bond acceptors (Lipinski definition) is 2. The van der Waals surface area contributed by atoms with E-state index in [-0.39, 0.29) is 27.2 Å². The number of hydrazine groups is 1. The van der Waals surface area contributed by atoms with Gasteiger partial charge in [0, 0.05) is 12.1 Å². The van der Waals surface area contributed by atoms with Crippen LogP contribution in [0.25, 0.3) is 5.83 Å². The first-order valence-electron chi connectivity index (χ1n) is 10.0. The van der Waals surface area contributed by atoms with E-state index in [0.717, 1.165) is 31.0 Å². The van der Waals surface area contributed by atoms with Crippen molar-refractivity contribution in [2.75, 3.05) is 6.54 Å². The fraction of sp³-hybridized carbons (Fsp3) is 0.318. The Bertz CT molecular complexity index is 1120. The minimum absolute atomic E-state index is 0.0995. The molecule has 3 rings (SSSR count). The fourth-order valence-corrected chi connectivity index (χ4v) is 3.78. The normalized spacial score (nSPS) is 15.8. The third-order valence-electron chi connectivity index (χ3n) is 5.17. The van der Waals surface area contributed by atoms with Crippen LogP contribution in [0.15, 0.2) is 36.4 Å². The lowest BCUT2D eigenvalue weighted by atomic mass is 9.95. The summed E-state index contributed by atoms with van der Waals surface area (Å²) in [6, 6.07) is 3.42. The molecule has 1 aliphatic rings. The van der Waals surface area contributed by atoms with E-state index in [2.05, 4.69) is 10.9 Å². The van der Waals surface area contributed by atoms with Gasteiger partial charge in [0.1, 0.15) is 11.7 Å². The molecule has 1 saturated carbocycles. The summed E-state index contributed by atoms with van der Waals surface area (Å²) in [5, 5.41) is -0.845. The summed E-state index contributed by atoms with van der Waals surface area (Å²) >= 11 is 17.3. The molecule has 1 unspecified atom stereocenters. The number of halogens is 10. The zero-order valence-corrected chi connectivity index (χ0v) is 19.7. The second kappa shape index (κ2) is 10.5. The lowest BCUT2D eigenvalue weighted by Gasteiger charge is -2.19. The van der Waals surface area contributed by atoms with Gasteiger partial charge in [-0.2, -0.15) is 26.3 Å². The predicted molar refractivity (Wildman–Crippen MR) is 119 cm³/mol. The van der Waals surface area contributed by atoms with Crippen molar-refractivity contribution in [2.24, 2.45) is 5.92 Å². The minimum Gasteiger partial charge on any atom is -0.287 e. The highest BCUT2D eigenvalue weighted by Crippen LogP contribution is 2.42. The third kappa shape index (κ3) is 7.03. The maximum absolute atomic E-state index is 14.9. The molecule has 1 fully saturated rings. The summed E-state index contributed by atoms with van der Waals surface area (Å²) in [4.78, 5) is 12.2. The Morgan fingerprint density at radius 3 is 2.14 bits per heavy atom. The van der Waals surface area contributed by atoms with Crippen LogP contribution in [0.5, 0.6) is 0 Å². The zero-order chi connectivity index (χ0) is 26.1. The summed E-state index contributed by atoms with van der Waals surface area (Å²) in [5.41, 5.74) is 0.964. The van der Waals surface area contributed by atoms with Gasteiger partial charge < -0.3 is 0 Å². The number of alkyl halides is 6. The van der Waals surface area contributed by atoms with Crippen LogP contribution >= 0.6 is 34.8 Å². The summed E-state index contributed by atoms with van der Waals surface area (Å²) < 4.78 is 96.7. The third-order valence-corrected chi connectivity index (χ3v) is 6.36. The molecular weight excluding hydrogens is 548 g/mol. The smallest absolute Gasteiger partial charge is 0.287 e. The molecule has 0 heterocycles. The predicted octanol–water partition coefficient (Wildman–Crippen LogP) is 7.97. The number of rotatable bonds is 7. The van der Waals surface area contributed by atoms with Crippen LogP contribution < -0.4 is 10.9 Å². The standard InChI is InChI=1S/C22H16Cl3F7N2O/c23-16-6-12(7-17(24)19(16)25)14(21(27,28)29)8-18(26)11-3-4-13(15(5-11)22(30,31)32)20(35)34-33-9-10-1-2-10/h3-8,10,14,33H,1-2,9H2,(H,34,35)/b18-8-. The fourth-order valence-electron chi connectivity index (χ4n) is 3.17. The molecule has 1 aliphatic carbocycles. The molecule has 3 nitrogen and oxygen atoms in total. The van der Waals surface area contributed by atoms with Crippen molar-refractivity contribution in [2.45, 2.75) is 31.1 Å². The molecule has 2 N–H and O–H groups in total. The highest BCUT2D eigenvalue weighted by atomic mass is 35.5. The van der Waals surface area contributed by atoms with Crippen LogP contribution in [-0.2, 0) is 6.18 Å². The quantitative estimate of drug-likeness (QED) is 0.204. The molecule has 35 heavy (non-hydrogen) atoms. The van der Waals surface area contributed by atoms with Gasteiger partial charge in [-0.3, -0.25) is 10.2 Å². The van der Waals surface area contributed by atoms with E-state index in [1.807, 2.05) is 0 Å². The van der Waals surface area contributed by atoms with Crippen molar-refractivity contribution in [3.8, 4) is 0 Å². The SMILES string of the molecule is O=C(NNCC1CC1)c1ccc(/C(F)=C/C(c2cc(Cl)c(Cl)c(Cl)c2)C(F)(F)F)cc1C(F)(F)F. The molecule has 2 aromatic rings. The molecule has 0 bridgehead atoms. The van der Waals surface area contributed by atoms with Gasteiger partial charge in [-0.15, -0.1) is 0 Å². The van der Waals surface area contributed by atoms with E-state index < -0.39 is 52.3 Å². The Kier molecular flexibility index (Phi) is 8.30. The number of hydrogen-bond donors (Lipinski definition) is 2. The summed E-state index contributed by atoms with van der Waals surface area (Å²) in [7, 11) is 0. The summed E-state index contributed by atoms with van der Waals surface area (Å²) in [6.07, 6.45) is -8.16. The lowest BCUT2D eigenvalue weighted by molar-refractivity contribution is -0.140. The van der Waals surface area contributed by atoms with Crippen LogP contribution in [0.3, 0.4) is 0 Å². The van der Waals surface area contributed by atoms with Crippen molar-refractivity contribution in [1.29, 1.82) is 0 Å². The topological polar surface area (TPSA) is 41.1 Å². The van der Waals surface area contributed by atoms with E-state index in [1.54, 1.807) is 0 Å². The van der Waals surface area contributed by atoms with Crippen molar-refractivity contribution in [3.63, 3.8) is 0 Å². The van der Waals surface area contributed by atoms with E-state index in [4.69, 9.17) is 34.8 Å². The summed E-state index contributed by atoms with van der Waals surface area (Å²) in [5.74, 6) is -4.99. The Hall–Kier alpha value is -2.01. The molecule has 1 atom stereocenters. The van der Waals surface area contributed by atoms with Crippen molar-refractivity contribution < 1.29 is 35.5 Å². The molecule has 2 aromatic carbocycles. The number of carbonyl (C=O) groups is 1. The lowest BCUT2D eigenvalue weighted by Crippen LogP contribution is -2.39. The Balaban J connectivity index is 1.97. The number of benzene rings is 2. The van der Waals surface area contributed by atoms with E-state index in [9.17, 15) is 35.5 Å². The van der Waals surface area contributed by atoms with Gasteiger partial charge >= 0.3 is 12.4 Å². The molecule has 1 amide bonds. The molecule has 0 spiro atoms. The highest BCUT2D eigenvalue weighted by Gasteiger charge is 2.41. The van der Waals surface area contributed by atoms with Crippen molar-refractivity contribution in [1.82, 2.24) is 10.9 Å². The van der Waals surface area contributed by atoms with Crippen molar-refractivity contribution in [3.05, 3.63) is 73.7 Å². The maximum Gasteiger partial charge on any atom is 0.417 e. The number of amides is 1. The Morgan fingerprint density at radius 2 is 1.63 bits per heavy atom. The van der Waals surface area contributed by atoms with Crippen LogP contribution in [0.4, 0.5) is 30.7 Å². The van der Waals surface area contributed by atoms with Gasteiger partial charge in [0.15, 0.2) is 0 Å². The van der Waals surface area contributed by atoms with Crippen molar-refractivity contribution >= 4 is 46.5 Å². The van der Waals surface area contributed by atoms with Crippen LogP contribution in [0.1, 0.15) is 45.8 Å². The Morgan fingerprint density at radius 1 is 1.03 bits per heavy atom. The van der Waals surface area contributed by atoms with E-state index >= 15 is 0 Å². The highest BCUT2D eigenvalue weighted by molar-refractivity contribution is 6.48. The zero-order valence-electron chi connectivity index (χ0n) is 17.4. The molecule has 0 radical (unpaired) electrons. The average Bonchev–Trinajstić information content (AvgIpc) is 3.57. The molecule has 0 aliphatic heterocycles. The van der Waals surface area contributed by atoms with Gasteiger partial charge in [0.25, 0.3) is 5.91 Å². The second-order valence-electron chi connectivity index (χ2n) is 7.87. The van der Waals surface area contributed by atoms with Crippen LogP contribution in [-0.4, -0.2) is 18.6 Å². The van der Waals surface area contributed by atoms with Gasteiger partial charge in [0.05, 0.1) is 26.2 Å². The van der Waals surface area contributed by atoms with Crippen LogP contribution in [0, 0.1) is 5.92 Å². The number of nitrogens with one attached hydrogen (secondary N) is 2. The molecular formula is C22H16Cl3F7N2O. The van der Waals surface area contributed by atoms with E-state index in [1.165, 1.54) is 0 Å². The first-order chi connectivity index (χ1) is 16.2. The number of carbonyl (C=O) groups excluding carboxylic acids is 1. The van der Waals surface area contributed by atoms with Gasteiger partial charge in [-0.1, -0.05) is 40.9 Å². The number of allylic oxidation sites excluding steroid dienone is 1. The average molecular weight is 564 g/mol. The first kappa shape index (κ1) is 27.6. The van der Waals surface area contributed by atoms with Gasteiger partial charge in [0.2, 0.25) is 0 Å². The molecule has 13 heteroatoms. The molecule has 190 valence electrons. The van der Waals surface area contributed by atoms with Gasteiger partial charge in [-0.05, 0) is 54.7 Å². The van der Waals surface area contributed by atoms with Gasteiger partial charge in [-0.25, -0.2) is 9.82 Å². The molecule has 0 aromatic heterocycles. The maximum atomic E-state index is 14.9. The van der Waals surface area contributed by atoms with E-state index in [0.29, 0.717) is 18.5 Å².